The van der Waals surface area contributed by atoms with Gasteiger partial charge in [0.2, 0.25) is 17.6 Å². The van der Waals surface area contributed by atoms with E-state index in [0.29, 0.717) is 12.8 Å². The summed E-state index contributed by atoms with van der Waals surface area (Å²) in [5.41, 5.74) is 11.2. The fraction of sp³-hybridized carbons (Fsp3) is 0.571. The summed E-state index contributed by atoms with van der Waals surface area (Å²) in [6, 6.07) is 6.06. The maximum atomic E-state index is 13.3. The molecular formula is C28H43N5O7. The van der Waals surface area contributed by atoms with E-state index in [9.17, 15) is 28.8 Å². The van der Waals surface area contributed by atoms with Crippen LogP contribution in [0.3, 0.4) is 0 Å². The van der Waals surface area contributed by atoms with E-state index < -0.39 is 59.4 Å². The van der Waals surface area contributed by atoms with Crippen molar-refractivity contribution in [2.45, 2.75) is 78.5 Å². The van der Waals surface area contributed by atoms with E-state index in [2.05, 4.69) is 16.0 Å². The molecule has 40 heavy (non-hydrogen) atoms. The van der Waals surface area contributed by atoms with Crippen molar-refractivity contribution in [3.63, 3.8) is 0 Å². The second kappa shape index (κ2) is 17.6. The molecule has 12 nitrogen and oxygen atoms in total. The quantitative estimate of drug-likeness (QED) is 0.101. The molecule has 0 spiro atoms. The van der Waals surface area contributed by atoms with Gasteiger partial charge in [-0.2, -0.15) is 0 Å². The number of hydrogen-bond acceptors (Lipinski definition) is 7. The third-order valence-corrected chi connectivity index (χ3v) is 6.42. The smallest absolute Gasteiger partial charge is 0.312 e. The summed E-state index contributed by atoms with van der Waals surface area (Å²) in [5, 5.41) is 7.35. The number of esters is 1. The van der Waals surface area contributed by atoms with E-state index >= 15 is 0 Å². The van der Waals surface area contributed by atoms with E-state index in [0.717, 1.165) is 5.56 Å². The minimum atomic E-state index is -1.18. The van der Waals surface area contributed by atoms with Crippen molar-refractivity contribution < 1.29 is 33.5 Å². The van der Waals surface area contributed by atoms with Crippen molar-refractivity contribution in [2.75, 3.05) is 6.54 Å². The number of nitrogens with two attached hydrogens (primary N) is 2. The van der Waals surface area contributed by atoms with Crippen molar-refractivity contribution in [1.29, 1.82) is 0 Å². The van der Waals surface area contributed by atoms with Gasteiger partial charge in [-0.3, -0.25) is 24.0 Å². The normalized spacial score (nSPS) is 13.8. The Morgan fingerprint density at radius 1 is 0.950 bits per heavy atom. The number of rotatable bonds is 18. The van der Waals surface area contributed by atoms with Crippen LogP contribution in [0, 0.1) is 17.8 Å². The number of benzene rings is 1. The molecule has 0 fully saturated rings. The molecule has 0 radical (unpaired) electrons. The fourth-order valence-corrected chi connectivity index (χ4v) is 4.00. The van der Waals surface area contributed by atoms with E-state index in [1.165, 1.54) is 0 Å². The molecule has 0 aromatic heterocycles. The lowest BCUT2D eigenvalue weighted by atomic mass is 9.90. The summed E-state index contributed by atoms with van der Waals surface area (Å²) < 4.78 is 5.35. The van der Waals surface area contributed by atoms with Crippen molar-refractivity contribution in [2.24, 2.45) is 29.2 Å². The van der Waals surface area contributed by atoms with Gasteiger partial charge in [-0.25, -0.2) is 4.79 Å². The summed E-state index contributed by atoms with van der Waals surface area (Å²) in [7, 11) is 0. The second-order valence-corrected chi connectivity index (χ2v) is 10.3. The highest BCUT2D eigenvalue weighted by Gasteiger charge is 2.35. The number of ketones is 1. The van der Waals surface area contributed by atoms with Crippen LogP contribution in [-0.4, -0.2) is 54.1 Å². The number of urea groups is 1. The minimum absolute atomic E-state index is 0.0660. The molecule has 0 bridgehead atoms. The molecule has 0 saturated heterocycles. The Hall–Kier alpha value is -3.96. The molecule has 12 heteroatoms. The lowest BCUT2D eigenvalue weighted by molar-refractivity contribution is -0.149. The number of carbonyl (C=O) groups excluding carboxylic acids is 6. The van der Waals surface area contributed by atoms with Gasteiger partial charge in [0.15, 0.2) is 0 Å². The first-order valence-corrected chi connectivity index (χ1v) is 13.5. The van der Waals surface area contributed by atoms with E-state index in [1.807, 2.05) is 44.2 Å². The van der Waals surface area contributed by atoms with Gasteiger partial charge in [0.05, 0.1) is 12.5 Å². The molecular weight excluding hydrogens is 518 g/mol. The Kier molecular flexibility index (Phi) is 15.0. The average molecular weight is 562 g/mol. The van der Waals surface area contributed by atoms with Crippen LogP contribution < -0.4 is 27.4 Å². The number of ether oxygens (including phenoxy) is 1. The number of Topliss-reactive ketones (excluding diaryl/α,β-unsaturated/α-hetero) is 1. The lowest BCUT2D eigenvalue weighted by Gasteiger charge is -2.26. The van der Waals surface area contributed by atoms with Crippen LogP contribution >= 0.6 is 0 Å². The standard InChI is InChI=1S/C28H43N5O7/c1-5-18(4)23(24(35)27(38)32-21(25(29)36)12-9-13-31-28(30)39)33-26(37)20(14-17(2)3)15-22(34)40-16-19-10-7-6-8-11-19/h6-8,10-11,17-18,20-21,23H,5,9,12-16H2,1-4H3,(H2,29,36)(H,32,38)(H,33,37)(H3,30,31,39)/t18-,20+,21+,23?/m0/s1. The molecule has 0 aliphatic heterocycles. The monoisotopic (exact) mass is 561 g/mol. The van der Waals surface area contributed by atoms with Crippen molar-refractivity contribution in [1.82, 2.24) is 16.0 Å². The Bertz CT molecular complexity index is 1020. The highest BCUT2D eigenvalue weighted by molar-refractivity contribution is 6.38. The Labute approximate surface area is 235 Å². The van der Waals surface area contributed by atoms with Crippen LogP contribution in [0.5, 0.6) is 0 Å². The van der Waals surface area contributed by atoms with Crippen LogP contribution in [0.4, 0.5) is 4.79 Å². The first-order chi connectivity index (χ1) is 18.8. The summed E-state index contributed by atoms with van der Waals surface area (Å²) in [6.07, 6.45) is 0.983. The van der Waals surface area contributed by atoms with Crippen molar-refractivity contribution in [3.8, 4) is 0 Å². The molecule has 0 saturated carbocycles. The van der Waals surface area contributed by atoms with Crippen LogP contribution in [0.25, 0.3) is 0 Å². The molecule has 4 atom stereocenters. The molecule has 1 unspecified atom stereocenters. The molecule has 1 rings (SSSR count). The molecule has 7 N–H and O–H groups in total. The molecule has 1 aromatic rings. The highest BCUT2D eigenvalue weighted by Crippen LogP contribution is 2.19. The lowest BCUT2D eigenvalue weighted by Crippen LogP contribution is -2.55. The van der Waals surface area contributed by atoms with E-state index in [4.69, 9.17) is 16.2 Å². The number of nitrogens with one attached hydrogen (secondary N) is 3. The fourth-order valence-electron chi connectivity index (χ4n) is 4.00. The van der Waals surface area contributed by atoms with E-state index in [-0.39, 0.29) is 38.3 Å². The van der Waals surface area contributed by atoms with Crippen molar-refractivity contribution in [3.05, 3.63) is 35.9 Å². The molecule has 222 valence electrons. The molecule has 0 heterocycles. The Balaban J connectivity index is 2.91. The van der Waals surface area contributed by atoms with Gasteiger partial charge < -0.3 is 32.2 Å². The largest absolute Gasteiger partial charge is 0.461 e. The highest BCUT2D eigenvalue weighted by atomic mass is 16.5. The number of amides is 5. The Morgan fingerprint density at radius 3 is 2.15 bits per heavy atom. The number of carbonyl (C=O) groups is 6. The number of hydrogen-bond donors (Lipinski definition) is 5. The zero-order chi connectivity index (χ0) is 30.2. The second-order valence-electron chi connectivity index (χ2n) is 10.3. The summed E-state index contributed by atoms with van der Waals surface area (Å²) in [6.45, 7) is 7.55. The van der Waals surface area contributed by atoms with Gasteiger partial charge in [-0.05, 0) is 36.7 Å². The van der Waals surface area contributed by atoms with Gasteiger partial charge >= 0.3 is 12.0 Å². The molecule has 0 aliphatic rings. The molecule has 0 aliphatic carbocycles. The van der Waals surface area contributed by atoms with Crippen LogP contribution in [0.15, 0.2) is 30.3 Å². The van der Waals surface area contributed by atoms with Crippen LogP contribution in [-0.2, 0) is 35.3 Å². The number of primary amides is 2. The first-order valence-electron chi connectivity index (χ1n) is 13.5. The minimum Gasteiger partial charge on any atom is -0.461 e. The predicted octanol–water partition coefficient (Wildman–Crippen LogP) is 1.30. The maximum Gasteiger partial charge on any atom is 0.312 e. The average Bonchev–Trinajstić information content (AvgIpc) is 2.90. The van der Waals surface area contributed by atoms with Crippen molar-refractivity contribution >= 4 is 35.5 Å². The zero-order valence-corrected chi connectivity index (χ0v) is 23.7. The maximum absolute atomic E-state index is 13.3. The summed E-state index contributed by atoms with van der Waals surface area (Å²) in [5.74, 6) is -5.07. The summed E-state index contributed by atoms with van der Waals surface area (Å²) >= 11 is 0. The summed E-state index contributed by atoms with van der Waals surface area (Å²) in [4.78, 5) is 74.4. The van der Waals surface area contributed by atoms with Gasteiger partial charge in [0, 0.05) is 12.5 Å². The first kappa shape index (κ1) is 34.1. The Morgan fingerprint density at radius 2 is 1.60 bits per heavy atom. The predicted molar refractivity (Wildman–Crippen MR) is 148 cm³/mol. The van der Waals surface area contributed by atoms with Crippen LogP contribution in [0.1, 0.15) is 65.4 Å². The van der Waals surface area contributed by atoms with Crippen LogP contribution in [0.2, 0.25) is 0 Å². The van der Waals surface area contributed by atoms with Gasteiger partial charge in [0.25, 0.3) is 5.91 Å². The SMILES string of the molecule is CC[C@H](C)C(NC(=O)[C@@H](CC(=O)OCc1ccccc1)CC(C)C)C(=O)C(=O)N[C@H](CCCNC(N)=O)C(N)=O. The molecule has 1 aromatic carbocycles. The van der Waals surface area contributed by atoms with E-state index in [1.54, 1.807) is 13.8 Å². The van der Waals surface area contributed by atoms with Gasteiger partial charge in [0.1, 0.15) is 12.6 Å². The third-order valence-electron chi connectivity index (χ3n) is 6.42. The zero-order valence-electron chi connectivity index (χ0n) is 23.7. The van der Waals surface area contributed by atoms with Gasteiger partial charge in [-0.15, -0.1) is 0 Å². The topological polar surface area (TPSA) is 200 Å². The molecule has 5 amide bonds. The third kappa shape index (κ3) is 12.7. The van der Waals surface area contributed by atoms with Gasteiger partial charge in [-0.1, -0.05) is 64.4 Å².